The predicted octanol–water partition coefficient (Wildman–Crippen LogP) is 0.624. The average Bonchev–Trinajstić information content (AvgIpc) is 3.60. The van der Waals surface area contributed by atoms with E-state index in [0.717, 1.165) is 0 Å². The first-order valence-corrected chi connectivity index (χ1v) is 15.3. The summed E-state index contributed by atoms with van der Waals surface area (Å²) in [5.41, 5.74) is -1.13. The third-order valence-electron chi connectivity index (χ3n) is 8.32. The molecule has 44 heavy (non-hydrogen) atoms. The minimum Gasteiger partial charge on any atom is -0.457 e. The summed E-state index contributed by atoms with van der Waals surface area (Å²) in [5, 5.41) is 14.8. The third-order valence-corrected chi connectivity index (χ3v) is 8.56. The van der Waals surface area contributed by atoms with E-state index >= 15 is 0 Å². The summed E-state index contributed by atoms with van der Waals surface area (Å²) in [6, 6.07) is -0.966. The fourth-order valence-corrected chi connectivity index (χ4v) is 5.24. The Morgan fingerprint density at radius 1 is 1.14 bits per heavy atom. The van der Waals surface area contributed by atoms with Gasteiger partial charge in [-0.3, -0.25) is 24.1 Å². The van der Waals surface area contributed by atoms with Crippen LogP contribution < -0.4 is 10.4 Å². The summed E-state index contributed by atoms with van der Waals surface area (Å²) in [6.07, 6.45) is -2.33. The number of likely N-dealkylation sites (N-methyl/N-ethyl adjacent to an activating group) is 1. The molecule has 2 aliphatic heterocycles. The van der Waals surface area contributed by atoms with E-state index < -0.39 is 60.1 Å². The number of aliphatic hydroxyl groups excluding tert-OH is 1. The minimum atomic E-state index is -1.21. The Labute approximate surface area is 260 Å². The molecule has 0 spiro atoms. The standard InChI is InChI=1S/C28H47N4O11P/c1-16(18(14-24(37)40-6)41-27(39)30-44)25-28(3,43-25)19(15-20(33)29-4)42-26(38)17(2)31(5)21(34)10-8-7-9-13-32-22(35)11-12-23(32)36/h16-19,24-25,37H,7-15,44H2,1-6H3,(H,29,33)(H,30,39). The summed E-state index contributed by atoms with van der Waals surface area (Å²) in [7, 11) is 6.27. The quantitative estimate of drug-likeness (QED) is 0.0472. The second-order valence-electron chi connectivity index (χ2n) is 11.3. The zero-order valence-corrected chi connectivity index (χ0v) is 27.5. The van der Waals surface area contributed by atoms with E-state index in [2.05, 4.69) is 10.4 Å². The number of rotatable bonds is 18. The monoisotopic (exact) mass is 646 g/mol. The zero-order chi connectivity index (χ0) is 33.2. The summed E-state index contributed by atoms with van der Waals surface area (Å²) in [4.78, 5) is 76.3. The number of ether oxygens (including phenoxy) is 4. The van der Waals surface area contributed by atoms with Gasteiger partial charge in [0.1, 0.15) is 23.9 Å². The SMILES string of the molecule is CNC(=O)CC(OC(=O)C(C)N(C)C(=O)CCCCCN1C(=O)CCC1=O)C1(C)OC1C(C)C(CC(O)OC)OC(=O)NP. The van der Waals surface area contributed by atoms with Crippen molar-refractivity contribution in [1.82, 2.24) is 20.2 Å². The predicted molar refractivity (Wildman–Crippen MR) is 158 cm³/mol. The number of likely N-dealkylation sites (tertiary alicyclic amines) is 1. The molecule has 0 aromatic heterocycles. The van der Waals surface area contributed by atoms with Crippen LogP contribution in [-0.2, 0) is 42.9 Å². The lowest BCUT2D eigenvalue weighted by molar-refractivity contribution is -0.162. The topological polar surface area (TPSA) is 193 Å². The lowest BCUT2D eigenvalue weighted by Gasteiger charge is -2.29. The molecule has 2 aliphatic rings. The van der Waals surface area contributed by atoms with Crippen molar-refractivity contribution in [2.45, 2.75) is 108 Å². The molecule has 8 atom stereocenters. The van der Waals surface area contributed by atoms with Gasteiger partial charge in [-0.25, -0.2) is 9.59 Å². The minimum absolute atomic E-state index is 0.0515. The molecule has 0 bridgehead atoms. The molecule has 15 nitrogen and oxygen atoms in total. The summed E-state index contributed by atoms with van der Waals surface area (Å²) < 4.78 is 22.1. The second-order valence-corrected chi connectivity index (χ2v) is 11.6. The molecule has 0 saturated carbocycles. The number of aliphatic hydroxyl groups is 1. The van der Waals surface area contributed by atoms with Crippen molar-refractivity contribution in [1.29, 1.82) is 0 Å². The summed E-state index contributed by atoms with van der Waals surface area (Å²) >= 11 is 0. The number of carbonyl (C=O) groups excluding carboxylic acids is 6. The molecular weight excluding hydrogens is 599 g/mol. The lowest BCUT2D eigenvalue weighted by Crippen LogP contribution is -2.46. The van der Waals surface area contributed by atoms with Gasteiger partial charge in [0.2, 0.25) is 23.6 Å². The Morgan fingerprint density at radius 2 is 1.77 bits per heavy atom. The molecule has 2 fully saturated rings. The van der Waals surface area contributed by atoms with Gasteiger partial charge >= 0.3 is 12.1 Å². The van der Waals surface area contributed by atoms with Crippen molar-refractivity contribution in [2.75, 3.05) is 27.7 Å². The molecule has 3 N–H and O–H groups in total. The van der Waals surface area contributed by atoms with E-state index in [4.69, 9.17) is 18.9 Å². The highest BCUT2D eigenvalue weighted by Crippen LogP contribution is 2.48. The number of nitrogens with one attached hydrogen (secondary N) is 2. The molecule has 5 amide bonds. The van der Waals surface area contributed by atoms with Gasteiger partial charge in [-0.1, -0.05) is 13.3 Å². The van der Waals surface area contributed by atoms with Crippen LogP contribution in [0.3, 0.4) is 0 Å². The molecule has 0 aliphatic carbocycles. The zero-order valence-electron chi connectivity index (χ0n) is 26.3. The van der Waals surface area contributed by atoms with Gasteiger partial charge in [-0.05, 0) is 36.1 Å². The maximum absolute atomic E-state index is 13.2. The van der Waals surface area contributed by atoms with E-state index in [-0.39, 0.29) is 49.8 Å². The second kappa shape index (κ2) is 17.0. The van der Waals surface area contributed by atoms with Gasteiger partial charge < -0.3 is 39.4 Å². The molecule has 8 unspecified atom stereocenters. The van der Waals surface area contributed by atoms with E-state index in [1.807, 2.05) is 9.39 Å². The normalized spacial score (nSPS) is 22.8. The molecular formula is C28H47N4O11P. The number of imide groups is 1. The Morgan fingerprint density at radius 3 is 2.34 bits per heavy atom. The van der Waals surface area contributed by atoms with E-state index in [1.54, 1.807) is 13.8 Å². The van der Waals surface area contributed by atoms with Crippen LogP contribution in [0.15, 0.2) is 0 Å². The van der Waals surface area contributed by atoms with Crippen molar-refractivity contribution >= 4 is 45.1 Å². The Kier molecular flexibility index (Phi) is 14.4. The number of amides is 5. The maximum atomic E-state index is 13.2. The van der Waals surface area contributed by atoms with Gasteiger partial charge in [-0.15, -0.1) is 0 Å². The number of methoxy groups -OCH3 is 1. The number of carbonyl (C=O) groups is 6. The highest BCUT2D eigenvalue weighted by atomic mass is 31.0. The maximum Gasteiger partial charge on any atom is 0.410 e. The molecule has 16 heteroatoms. The largest absolute Gasteiger partial charge is 0.457 e. The van der Waals surface area contributed by atoms with Crippen molar-refractivity contribution in [3.8, 4) is 0 Å². The van der Waals surface area contributed by atoms with Crippen LogP contribution in [0.25, 0.3) is 0 Å². The molecule has 0 aromatic rings. The molecule has 0 aromatic carbocycles. The molecule has 0 radical (unpaired) electrons. The van der Waals surface area contributed by atoms with Gasteiger partial charge in [0.25, 0.3) is 0 Å². The molecule has 2 saturated heterocycles. The Bertz CT molecular complexity index is 1050. The first kappa shape index (κ1) is 37.3. The van der Waals surface area contributed by atoms with Crippen LogP contribution in [0.5, 0.6) is 0 Å². The van der Waals surface area contributed by atoms with E-state index in [1.165, 1.54) is 37.9 Å². The fourth-order valence-electron chi connectivity index (χ4n) is 5.18. The van der Waals surface area contributed by atoms with Crippen LogP contribution in [0.1, 0.15) is 72.1 Å². The Balaban J connectivity index is 1.99. The van der Waals surface area contributed by atoms with Crippen LogP contribution in [-0.4, -0.2) is 115 Å². The van der Waals surface area contributed by atoms with Crippen molar-refractivity contribution < 1.29 is 52.8 Å². The van der Waals surface area contributed by atoms with Crippen LogP contribution in [0, 0.1) is 5.92 Å². The summed E-state index contributed by atoms with van der Waals surface area (Å²) in [6.45, 7) is 5.28. The highest BCUT2D eigenvalue weighted by Gasteiger charge is 2.63. The van der Waals surface area contributed by atoms with Crippen LogP contribution >= 0.6 is 9.39 Å². The number of unbranched alkanes of at least 4 members (excludes halogenated alkanes) is 2. The third kappa shape index (κ3) is 10.1. The summed E-state index contributed by atoms with van der Waals surface area (Å²) in [5.74, 6) is -2.24. The number of hydrogen-bond donors (Lipinski definition) is 3. The van der Waals surface area contributed by atoms with Gasteiger partial charge in [0.05, 0.1) is 12.5 Å². The highest BCUT2D eigenvalue weighted by molar-refractivity contribution is 7.15. The fraction of sp³-hybridized carbons (Fsp3) is 0.786. The van der Waals surface area contributed by atoms with Gasteiger partial charge in [0, 0.05) is 59.4 Å². The number of nitrogens with zero attached hydrogens (tertiary/aromatic N) is 2. The van der Waals surface area contributed by atoms with Crippen LogP contribution in [0.4, 0.5) is 4.79 Å². The first-order valence-electron chi connectivity index (χ1n) is 14.8. The molecule has 250 valence electrons. The number of esters is 1. The van der Waals surface area contributed by atoms with E-state index in [0.29, 0.717) is 25.8 Å². The first-order chi connectivity index (χ1) is 20.7. The Hall–Kier alpha value is -2.87. The molecule has 2 heterocycles. The van der Waals surface area contributed by atoms with E-state index in [9.17, 15) is 33.9 Å². The lowest BCUT2D eigenvalue weighted by atomic mass is 9.87. The number of hydrogen-bond acceptors (Lipinski definition) is 11. The van der Waals surface area contributed by atoms with Crippen LogP contribution in [0.2, 0.25) is 0 Å². The average molecular weight is 647 g/mol. The van der Waals surface area contributed by atoms with Gasteiger partial charge in [0.15, 0.2) is 6.29 Å². The van der Waals surface area contributed by atoms with Gasteiger partial charge in [-0.2, -0.15) is 0 Å². The number of epoxide rings is 1. The van der Waals surface area contributed by atoms with Crippen molar-refractivity contribution in [2.24, 2.45) is 5.92 Å². The molecule has 2 rings (SSSR count). The van der Waals surface area contributed by atoms with Crippen molar-refractivity contribution in [3.05, 3.63) is 0 Å². The smallest absolute Gasteiger partial charge is 0.410 e. The van der Waals surface area contributed by atoms with Crippen molar-refractivity contribution in [3.63, 3.8) is 0 Å².